The van der Waals surface area contributed by atoms with Crippen molar-refractivity contribution in [3.8, 4) is 5.75 Å². The molecule has 23 heavy (non-hydrogen) atoms. The molecule has 5 nitrogen and oxygen atoms in total. The molecular formula is C15H14F3N3O2. The number of hydrogen-bond donors (Lipinski definition) is 0. The fourth-order valence-electron chi connectivity index (χ4n) is 2.34. The maximum atomic E-state index is 13.1. The summed E-state index contributed by atoms with van der Waals surface area (Å²) in [5, 5.41) is 4.10. The van der Waals surface area contributed by atoms with Crippen molar-refractivity contribution in [1.82, 2.24) is 14.8 Å². The molecule has 0 aliphatic heterocycles. The van der Waals surface area contributed by atoms with Gasteiger partial charge in [-0.1, -0.05) is 0 Å². The number of alkyl halides is 3. The Labute approximate surface area is 129 Å². The minimum absolute atomic E-state index is 0.00116. The number of methoxy groups -OCH3 is 1. The maximum Gasteiger partial charge on any atom is 0.421 e. The molecule has 122 valence electrons. The van der Waals surface area contributed by atoms with Crippen LogP contribution in [-0.4, -0.2) is 21.9 Å². The number of ether oxygens (including phenoxy) is 1. The molecule has 0 atom stereocenters. The molecule has 1 fully saturated rings. The third-order valence-electron chi connectivity index (χ3n) is 3.69. The van der Waals surface area contributed by atoms with Crippen LogP contribution >= 0.6 is 0 Å². The molecule has 8 heteroatoms. The highest BCUT2D eigenvalue weighted by atomic mass is 19.4. The van der Waals surface area contributed by atoms with E-state index in [1.165, 1.54) is 19.5 Å². The Morgan fingerprint density at radius 2 is 2.13 bits per heavy atom. The summed E-state index contributed by atoms with van der Waals surface area (Å²) in [6, 6.07) is 2.45. The van der Waals surface area contributed by atoms with Crippen LogP contribution in [0.15, 0.2) is 29.3 Å². The Morgan fingerprint density at radius 3 is 2.74 bits per heavy atom. The fraction of sp³-hybridized carbons (Fsp3) is 0.400. The largest absolute Gasteiger partial charge is 0.496 e. The predicted molar refractivity (Wildman–Crippen MR) is 75.4 cm³/mol. The van der Waals surface area contributed by atoms with Gasteiger partial charge in [0.15, 0.2) is 0 Å². The first-order valence-corrected chi connectivity index (χ1v) is 7.06. The van der Waals surface area contributed by atoms with Crippen LogP contribution in [0, 0.1) is 0 Å². The molecule has 2 heterocycles. The monoisotopic (exact) mass is 325 g/mol. The van der Waals surface area contributed by atoms with E-state index in [0.717, 1.165) is 23.6 Å². The highest BCUT2D eigenvalue weighted by Gasteiger charge is 2.37. The van der Waals surface area contributed by atoms with Gasteiger partial charge in [-0.25, -0.2) is 4.68 Å². The summed E-state index contributed by atoms with van der Waals surface area (Å²) in [5.74, 6) is 0.442. The molecule has 0 N–H and O–H groups in total. The molecule has 1 aliphatic rings. The van der Waals surface area contributed by atoms with Gasteiger partial charge >= 0.3 is 6.18 Å². The predicted octanol–water partition coefficient (Wildman–Crippen LogP) is 2.59. The number of aromatic nitrogens is 3. The van der Waals surface area contributed by atoms with E-state index in [-0.39, 0.29) is 12.5 Å². The molecule has 0 saturated heterocycles. The van der Waals surface area contributed by atoms with Crippen molar-refractivity contribution >= 4 is 0 Å². The zero-order valence-corrected chi connectivity index (χ0v) is 12.3. The van der Waals surface area contributed by atoms with Gasteiger partial charge in [0.05, 0.1) is 19.3 Å². The molecule has 0 aromatic carbocycles. The Bertz CT molecular complexity index is 782. The van der Waals surface area contributed by atoms with Crippen LogP contribution in [0.25, 0.3) is 0 Å². The molecule has 0 bridgehead atoms. The van der Waals surface area contributed by atoms with Crippen molar-refractivity contribution in [3.63, 3.8) is 0 Å². The van der Waals surface area contributed by atoms with Crippen LogP contribution in [0.2, 0.25) is 0 Å². The lowest BCUT2D eigenvalue weighted by atomic mass is 10.2. The molecule has 2 aromatic rings. The van der Waals surface area contributed by atoms with E-state index in [4.69, 9.17) is 4.74 Å². The second kappa shape index (κ2) is 5.68. The molecule has 0 amide bonds. The summed E-state index contributed by atoms with van der Waals surface area (Å²) >= 11 is 0. The average molecular weight is 325 g/mol. The van der Waals surface area contributed by atoms with Crippen molar-refractivity contribution < 1.29 is 17.9 Å². The number of rotatable bonds is 4. The van der Waals surface area contributed by atoms with E-state index in [1.54, 1.807) is 6.07 Å². The highest BCUT2D eigenvalue weighted by molar-refractivity contribution is 5.30. The quantitative estimate of drug-likeness (QED) is 0.867. The maximum absolute atomic E-state index is 13.1. The van der Waals surface area contributed by atoms with Gasteiger partial charge in [-0.2, -0.15) is 18.3 Å². The van der Waals surface area contributed by atoms with Gasteiger partial charge in [0.1, 0.15) is 11.3 Å². The molecular weight excluding hydrogens is 311 g/mol. The Morgan fingerprint density at radius 1 is 1.39 bits per heavy atom. The molecule has 0 radical (unpaired) electrons. The van der Waals surface area contributed by atoms with Gasteiger partial charge in [-0.15, -0.1) is 0 Å². The van der Waals surface area contributed by atoms with Crippen LogP contribution < -0.4 is 10.3 Å². The van der Waals surface area contributed by atoms with Gasteiger partial charge in [0.2, 0.25) is 0 Å². The van der Waals surface area contributed by atoms with E-state index < -0.39 is 17.3 Å². The van der Waals surface area contributed by atoms with E-state index in [2.05, 4.69) is 10.1 Å². The van der Waals surface area contributed by atoms with Crippen LogP contribution in [0.1, 0.15) is 35.6 Å². The lowest BCUT2D eigenvalue weighted by Gasteiger charge is -2.13. The summed E-state index contributed by atoms with van der Waals surface area (Å²) in [4.78, 5) is 16.0. The first kappa shape index (κ1) is 15.5. The van der Waals surface area contributed by atoms with E-state index >= 15 is 0 Å². The normalized spacial score (nSPS) is 14.8. The number of nitrogens with zero attached hydrogens (tertiary/aromatic N) is 3. The van der Waals surface area contributed by atoms with E-state index in [0.29, 0.717) is 17.0 Å². The second-order valence-electron chi connectivity index (χ2n) is 5.41. The first-order chi connectivity index (χ1) is 10.9. The fourth-order valence-corrected chi connectivity index (χ4v) is 2.34. The Kier molecular flexibility index (Phi) is 3.83. The van der Waals surface area contributed by atoms with Gasteiger partial charge < -0.3 is 4.74 Å². The summed E-state index contributed by atoms with van der Waals surface area (Å²) in [5.41, 5.74) is -1.55. The number of hydrogen-bond acceptors (Lipinski definition) is 4. The van der Waals surface area contributed by atoms with Gasteiger partial charge in [-0.3, -0.25) is 9.78 Å². The molecule has 0 spiro atoms. The Hall–Kier alpha value is -2.38. The first-order valence-electron chi connectivity index (χ1n) is 7.06. The van der Waals surface area contributed by atoms with Crippen LogP contribution in [0.3, 0.4) is 0 Å². The van der Waals surface area contributed by atoms with Crippen molar-refractivity contribution in [2.45, 2.75) is 31.5 Å². The lowest BCUT2D eigenvalue weighted by molar-refractivity contribution is -0.139. The highest BCUT2D eigenvalue weighted by Crippen LogP contribution is 2.40. The standard InChI is InChI=1S/C15H14F3N3O2/c1-23-13-4-5-19-7-10(13)8-21-14(22)11(15(16,17)18)6-12(20-21)9-2-3-9/h4-7,9H,2-3,8H2,1H3. The smallest absolute Gasteiger partial charge is 0.421 e. The SMILES string of the molecule is COc1ccncc1Cn1nc(C2CC2)cc(C(F)(F)F)c1=O. The minimum atomic E-state index is -4.70. The van der Waals surface area contributed by atoms with Crippen LogP contribution in [0.4, 0.5) is 13.2 Å². The topological polar surface area (TPSA) is 57.0 Å². The zero-order chi connectivity index (χ0) is 16.6. The van der Waals surface area contributed by atoms with Crippen LogP contribution in [-0.2, 0) is 12.7 Å². The second-order valence-corrected chi connectivity index (χ2v) is 5.41. The van der Waals surface area contributed by atoms with Gasteiger partial charge in [0.25, 0.3) is 5.56 Å². The summed E-state index contributed by atoms with van der Waals surface area (Å²) < 4.78 is 45.3. The third-order valence-corrected chi connectivity index (χ3v) is 3.69. The van der Waals surface area contributed by atoms with Crippen molar-refractivity contribution in [2.24, 2.45) is 0 Å². The van der Waals surface area contributed by atoms with Gasteiger partial charge in [0, 0.05) is 23.9 Å². The Balaban J connectivity index is 2.07. The van der Waals surface area contributed by atoms with E-state index in [9.17, 15) is 18.0 Å². The van der Waals surface area contributed by atoms with Crippen molar-refractivity contribution in [2.75, 3.05) is 7.11 Å². The molecule has 0 unspecified atom stereocenters. The zero-order valence-electron chi connectivity index (χ0n) is 12.3. The number of halogens is 3. The average Bonchev–Trinajstić information content (AvgIpc) is 3.33. The molecule has 3 rings (SSSR count). The summed E-state index contributed by atoms with van der Waals surface area (Å²) in [6.07, 6.45) is -0.174. The molecule has 1 saturated carbocycles. The van der Waals surface area contributed by atoms with Crippen molar-refractivity contribution in [3.05, 3.63) is 51.7 Å². The van der Waals surface area contributed by atoms with Crippen LogP contribution in [0.5, 0.6) is 5.75 Å². The molecule has 2 aromatic heterocycles. The summed E-state index contributed by atoms with van der Waals surface area (Å²) in [6.45, 7) is -0.126. The minimum Gasteiger partial charge on any atom is -0.496 e. The summed E-state index contributed by atoms with van der Waals surface area (Å²) in [7, 11) is 1.44. The lowest BCUT2D eigenvalue weighted by Crippen LogP contribution is -2.32. The third kappa shape index (κ3) is 3.20. The van der Waals surface area contributed by atoms with Gasteiger partial charge in [-0.05, 0) is 25.0 Å². The van der Waals surface area contributed by atoms with Crippen molar-refractivity contribution in [1.29, 1.82) is 0 Å². The number of pyridine rings is 1. The van der Waals surface area contributed by atoms with E-state index in [1.807, 2.05) is 0 Å². The molecule has 1 aliphatic carbocycles.